The fourth-order valence-electron chi connectivity index (χ4n) is 0.889. The molecule has 0 spiro atoms. The summed E-state index contributed by atoms with van der Waals surface area (Å²) >= 11 is 0. The third kappa shape index (κ3) is 1.37. The van der Waals surface area contributed by atoms with Crippen molar-refractivity contribution in [2.75, 3.05) is 0 Å². The van der Waals surface area contributed by atoms with E-state index in [1.54, 1.807) is 0 Å². The fraction of sp³-hybridized carbons (Fsp3) is 1.00. The SMILES string of the molecule is F[C@H]1C(F)(F)C(F)(F)O[C@]1(F)C(F)(F)F. The molecule has 1 nitrogen and oxygen atoms in total. The molecule has 0 unspecified atom stereocenters. The highest BCUT2D eigenvalue weighted by Crippen LogP contribution is 2.58. The molecule has 1 rings (SSSR count). The summed E-state index contributed by atoms with van der Waals surface area (Å²) in [5.74, 6) is -11.6. The van der Waals surface area contributed by atoms with Crippen molar-refractivity contribution in [2.45, 2.75) is 30.2 Å². The second kappa shape index (κ2) is 2.71. The maximum Gasteiger partial charge on any atom is 0.451 e. The summed E-state index contributed by atoms with van der Waals surface area (Å²) in [4.78, 5) is 0. The summed E-state index contributed by atoms with van der Waals surface area (Å²) in [7, 11) is 0. The number of rotatable bonds is 0. The molecular formula is C5HF9O. The van der Waals surface area contributed by atoms with Crippen molar-refractivity contribution in [3.8, 4) is 0 Å². The van der Waals surface area contributed by atoms with Crippen LogP contribution >= 0.6 is 0 Å². The molecule has 0 aromatic heterocycles. The van der Waals surface area contributed by atoms with Crippen LogP contribution in [0.2, 0.25) is 0 Å². The minimum atomic E-state index is -6.32. The Morgan fingerprint density at radius 1 is 0.933 bits per heavy atom. The molecule has 15 heavy (non-hydrogen) atoms. The van der Waals surface area contributed by atoms with Crippen molar-refractivity contribution in [3.63, 3.8) is 0 Å². The molecule has 1 aliphatic rings. The second-order valence-electron chi connectivity index (χ2n) is 2.75. The van der Waals surface area contributed by atoms with Crippen LogP contribution in [0.5, 0.6) is 0 Å². The number of alkyl halides is 9. The molecule has 0 aliphatic carbocycles. The van der Waals surface area contributed by atoms with Gasteiger partial charge in [0.05, 0.1) is 0 Å². The molecule has 1 heterocycles. The zero-order chi connectivity index (χ0) is 12.3. The molecule has 0 amide bonds. The molecular weight excluding hydrogens is 247 g/mol. The first-order chi connectivity index (χ1) is 6.36. The maximum atomic E-state index is 12.5. The molecule has 0 saturated carbocycles. The largest absolute Gasteiger partial charge is 0.451 e. The van der Waals surface area contributed by atoms with E-state index in [2.05, 4.69) is 4.74 Å². The minimum Gasteiger partial charge on any atom is -0.267 e. The summed E-state index contributed by atoms with van der Waals surface area (Å²) in [6, 6.07) is 0. The van der Waals surface area contributed by atoms with Gasteiger partial charge in [0.25, 0.3) is 0 Å². The Bertz CT molecular complexity index is 270. The average molecular weight is 248 g/mol. The lowest BCUT2D eigenvalue weighted by molar-refractivity contribution is -0.393. The van der Waals surface area contributed by atoms with Gasteiger partial charge >= 0.3 is 24.1 Å². The summed E-state index contributed by atoms with van der Waals surface area (Å²) < 4.78 is 110. The Balaban J connectivity index is 3.21. The van der Waals surface area contributed by atoms with E-state index in [0.29, 0.717) is 0 Å². The molecule has 0 bridgehead atoms. The van der Waals surface area contributed by atoms with Crippen LogP contribution in [0.4, 0.5) is 39.5 Å². The lowest BCUT2D eigenvalue weighted by Crippen LogP contribution is -2.50. The van der Waals surface area contributed by atoms with Gasteiger partial charge in [0, 0.05) is 0 Å². The van der Waals surface area contributed by atoms with Crippen molar-refractivity contribution in [3.05, 3.63) is 0 Å². The maximum absolute atomic E-state index is 12.5. The van der Waals surface area contributed by atoms with E-state index in [4.69, 9.17) is 0 Å². The van der Waals surface area contributed by atoms with Gasteiger partial charge in [-0.15, -0.1) is 0 Å². The van der Waals surface area contributed by atoms with Crippen molar-refractivity contribution in [1.29, 1.82) is 0 Å². The standard InChI is InChI=1S/C5HF9O/c6-1-2(7,8)5(13,14)15-3(1,9)4(10,11)12/h1H/t1-,3-/m0/s1. The molecule has 1 saturated heterocycles. The summed E-state index contributed by atoms with van der Waals surface area (Å²) in [5.41, 5.74) is 0. The van der Waals surface area contributed by atoms with Gasteiger partial charge < -0.3 is 0 Å². The zero-order valence-corrected chi connectivity index (χ0v) is 6.39. The van der Waals surface area contributed by atoms with Gasteiger partial charge in [0.2, 0.25) is 6.17 Å². The Morgan fingerprint density at radius 3 is 1.47 bits per heavy atom. The van der Waals surface area contributed by atoms with E-state index in [1.807, 2.05) is 0 Å². The van der Waals surface area contributed by atoms with Crippen molar-refractivity contribution < 1.29 is 44.3 Å². The number of ether oxygens (including phenoxy) is 1. The quantitative estimate of drug-likeness (QED) is 0.599. The fourth-order valence-corrected chi connectivity index (χ4v) is 0.889. The normalized spacial score (nSPS) is 39.4. The first-order valence-electron chi connectivity index (χ1n) is 3.22. The Kier molecular flexibility index (Phi) is 2.24. The predicted molar refractivity (Wildman–Crippen MR) is 25.8 cm³/mol. The van der Waals surface area contributed by atoms with Crippen molar-refractivity contribution in [1.82, 2.24) is 0 Å². The topological polar surface area (TPSA) is 9.23 Å². The Hall–Kier alpha value is -0.670. The van der Waals surface area contributed by atoms with Gasteiger partial charge in [-0.3, -0.25) is 4.74 Å². The molecule has 0 aromatic carbocycles. The highest BCUT2D eigenvalue weighted by molar-refractivity contribution is 5.05. The van der Waals surface area contributed by atoms with Crippen LogP contribution < -0.4 is 0 Å². The number of halogens is 9. The van der Waals surface area contributed by atoms with Gasteiger partial charge in [-0.05, 0) is 0 Å². The van der Waals surface area contributed by atoms with Gasteiger partial charge in [-0.2, -0.15) is 35.1 Å². The van der Waals surface area contributed by atoms with E-state index in [9.17, 15) is 39.5 Å². The lowest BCUT2D eigenvalue weighted by atomic mass is 10.1. The van der Waals surface area contributed by atoms with Gasteiger partial charge in [0.1, 0.15) is 0 Å². The molecule has 10 heteroatoms. The monoisotopic (exact) mass is 248 g/mol. The van der Waals surface area contributed by atoms with E-state index in [-0.39, 0.29) is 0 Å². The molecule has 90 valence electrons. The highest BCUT2D eigenvalue weighted by atomic mass is 19.4. The van der Waals surface area contributed by atoms with Crippen LogP contribution in [-0.4, -0.2) is 30.2 Å². The average Bonchev–Trinajstić information content (AvgIpc) is 2.09. The molecule has 2 atom stereocenters. The molecule has 0 radical (unpaired) electrons. The first kappa shape index (κ1) is 12.4. The minimum absolute atomic E-state index is 2.18. The number of hydrogen-bond acceptors (Lipinski definition) is 1. The van der Waals surface area contributed by atoms with Crippen molar-refractivity contribution in [2.24, 2.45) is 0 Å². The van der Waals surface area contributed by atoms with Gasteiger partial charge in [-0.25, -0.2) is 4.39 Å². The van der Waals surface area contributed by atoms with Gasteiger partial charge in [0.15, 0.2) is 0 Å². The zero-order valence-electron chi connectivity index (χ0n) is 6.39. The summed E-state index contributed by atoms with van der Waals surface area (Å²) in [6.45, 7) is 0. The summed E-state index contributed by atoms with van der Waals surface area (Å²) in [5, 5.41) is 0. The Labute approximate surface area is 75.8 Å². The van der Waals surface area contributed by atoms with Crippen LogP contribution in [0.15, 0.2) is 0 Å². The van der Waals surface area contributed by atoms with E-state index in [0.717, 1.165) is 0 Å². The van der Waals surface area contributed by atoms with Crippen molar-refractivity contribution >= 4 is 0 Å². The number of hydrogen-bond donors (Lipinski definition) is 0. The predicted octanol–water partition coefficient (Wildman–Crippen LogP) is 2.81. The summed E-state index contributed by atoms with van der Waals surface area (Å²) in [6.07, 6.45) is -17.0. The smallest absolute Gasteiger partial charge is 0.267 e. The van der Waals surface area contributed by atoms with Crippen LogP contribution in [-0.2, 0) is 4.74 Å². The third-order valence-corrected chi connectivity index (χ3v) is 1.70. The van der Waals surface area contributed by atoms with E-state index in [1.165, 1.54) is 0 Å². The molecule has 0 N–H and O–H groups in total. The molecule has 1 fully saturated rings. The Morgan fingerprint density at radius 2 is 1.33 bits per heavy atom. The second-order valence-corrected chi connectivity index (χ2v) is 2.75. The molecule has 0 aromatic rings. The first-order valence-corrected chi connectivity index (χ1v) is 3.22. The van der Waals surface area contributed by atoms with Crippen LogP contribution in [0.25, 0.3) is 0 Å². The molecule has 1 aliphatic heterocycles. The lowest BCUT2D eigenvalue weighted by Gasteiger charge is -2.23. The van der Waals surface area contributed by atoms with Crippen LogP contribution in [0.3, 0.4) is 0 Å². The van der Waals surface area contributed by atoms with Crippen LogP contribution in [0.1, 0.15) is 0 Å². The van der Waals surface area contributed by atoms with E-state index >= 15 is 0 Å². The highest BCUT2D eigenvalue weighted by Gasteiger charge is 2.86. The van der Waals surface area contributed by atoms with E-state index < -0.39 is 30.2 Å². The third-order valence-electron chi connectivity index (χ3n) is 1.70. The van der Waals surface area contributed by atoms with Crippen LogP contribution in [0, 0.1) is 0 Å². The van der Waals surface area contributed by atoms with Gasteiger partial charge in [-0.1, -0.05) is 0 Å².